The fraction of sp³-hybridized carbons (Fsp3) is 0.455. The highest BCUT2D eigenvalue weighted by molar-refractivity contribution is 5.05. The second-order valence-electron chi connectivity index (χ2n) is 2.55. The van der Waals surface area contributed by atoms with Crippen LogP contribution in [0.4, 0.5) is 0 Å². The summed E-state index contributed by atoms with van der Waals surface area (Å²) in [6, 6.07) is 0. The number of hydrogen-bond acceptors (Lipinski definition) is 0. The van der Waals surface area contributed by atoms with E-state index in [-0.39, 0.29) is 0 Å². The topological polar surface area (TPSA) is 0 Å². The molecule has 0 spiro atoms. The zero-order valence-corrected chi connectivity index (χ0v) is 7.64. The summed E-state index contributed by atoms with van der Waals surface area (Å²) in [7, 11) is 0. The van der Waals surface area contributed by atoms with Gasteiger partial charge in [0, 0.05) is 0 Å². The van der Waals surface area contributed by atoms with Gasteiger partial charge >= 0.3 is 0 Å². The van der Waals surface area contributed by atoms with Crippen LogP contribution in [0.3, 0.4) is 0 Å². The summed E-state index contributed by atoms with van der Waals surface area (Å²) in [5.74, 6) is 0. The van der Waals surface area contributed by atoms with Crippen LogP contribution in [0.25, 0.3) is 0 Å². The third-order valence-electron chi connectivity index (χ3n) is 1.68. The monoisotopic (exact) mass is 150 g/mol. The zero-order chi connectivity index (χ0) is 8.53. The van der Waals surface area contributed by atoms with Crippen LogP contribution in [0.5, 0.6) is 0 Å². The van der Waals surface area contributed by atoms with Gasteiger partial charge in [-0.05, 0) is 33.1 Å². The summed E-state index contributed by atoms with van der Waals surface area (Å²) >= 11 is 0. The maximum atomic E-state index is 3.72. The molecule has 0 unspecified atom stereocenters. The van der Waals surface area contributed by atoms with Crippen molar-refractivity contribution in [3.63, 3.8) is 0 Å². The molecule has 0 aromatic heterocycles. The molecule has 62 valence electrons. The lowest BCUT2D eigenvalue weighted by Crippen LogP contribution is -1.79. The minimum Gasteiger partial charge on any atom is -0.103 e. The molecule has 0 aromatic carbocycles. The van der Waals surface area contributed by atoms with Gasteiger partial charge in [-0.25, -0.2) is 0 Å². The first-order valence-corrected chi connectivity index (χ1v) is 4.21. The Morgan fingerprint density at radius 3 is 2.55 bits per heavy atom. The van der Waals surface area contributed by atoms with E-state index < -0.39 is 0 Å². The average Bonchev–Trinajstić information content (AvgIpc) is 2.03. The Morgan fingerprint density at radius 2 is 2.09 bits per heavy atom. The van der Waals surface area contributed by atoms with E-state index in [1.807, 2.05) is 6.08 Å². The molecular formula is C11H18. The van der Waals surface area contributed by atoms with Crippen LogP contribution in [0.15, 0.2) is 36.5 Å². The van der Waals surface area contributed by atoms with Crippen molar-refractivity contribution in [2.24, 2.45) is 0 Å². The molecule has 0 aromatic rings. The van der Waals surface area contributed by atoms with Crippen LogP contribution in [-0.2, 0) is 0 Å². The summed E-state index contributed by atoms with van der Waals surface area (Å²) in [4.78, 5) is 0. The first-order chi connectivity index (χ1) is 5.35. The molecule has 0 radical (unpaired) electrons. The molecule has 0 aliphatic carbocycles. The van der Waals surface area contributed by atoms with Gasteiger partial charge < -0.3 is 0 Å². The zero-order valence-electron chi connectivity index (χ0n) is 7.64. The summed E-state index contributed by atoms with van der Waals surface area (Å²) in [6.45, 7) is 7.87. The van der Waals surface area contributed by atoms with Gasteiger partial charge in [0.1, 0.15) is 0 Å². The minimum atomic E-state index is 1.04. The van der Waals surface area contributed by atoms with E-state index in [2.05, 4.69) is 38.7 Å². The van der Waals surface area contributed by atoms with Gasteiger partial charge in [-0.3, -0.25) is 0 Å². The lowest BCUT2D eigenvalue weighted by Gasteiger charge is -1.99. The summed E-state index contributed by atoms with van der Waals surface area (Å²) < 4.78 is 0. The van der Waals surface area contributed by atoms with Crippen LogP contribution in [0, 0.1) is 0 Å². The SMILES string of the molecule is C=CC/C(=C/C)CC/C=C\C. The van der Waals surface area contributed by atoms with Crippen molar-refractivity contribution in [3.05, 3.63) is 36.5 Å². The van der Waals surface area contributed by atoms with Gasteiger partial charge in [-0.15, -0.1) is 6.58 Å². The van der Waals surface area contributed by atoms with Gasteiger partial charge in [-0.2, -0.15) is 0 Å². The van der Waals surface area contributed by atoms with Crippen LogP contribution in [-0.4, -0.2) is 0 Å². The number of rotatable bonds is 5. The van der Waals surface area contributed by atoms with Crippen LogP contribution < -0.4 is 0 Å². The molecule has 0 fully saturated rings. The van der Waals surface area contributed by atoms with Crippen LogP contribution in [0.2, 0.25) is 0 Å². The Morgan fingerprint density at radius 1 is 1.36 bits per heavy atom. The van der Waals surface area contributed by atoms with Gasteiger partial charge in [0.15, 0.2) is 0 Å². The van der Waals surface area contributed by atoms with Crippen molar-refractivity contribution in [1.82, 2.24) is 0 Å². The maximum Gasteiger partial charge on any atom is -0.0142 e. The molecule has 0 bridgehead atoms. The van der Waals surface area contributed by atoms with Crippen LogP contribution >= 0.6 is 0 Å². The summed E-state index contributed by atoms with van der Waals surface area (Å²) in [6.07, 6.45) is 11.8. The largest absolute Gasteiger partial charge is 0.103 e. The number of allylic oxidation sites excluding steroid dienone is 5. The van der Waals surface area contributed by atoms with E-state index in [1.165, 1.54) is 12.0 Å². The minimum absolute atomic E-state index is 1.04. The Kier molecular flexibility index (Phi) is 6.81. The van der Waals surface area contributed by atoms with E-state index in [0.717, 1.165) is 12.8 Å². The fourth-order valence-corrected chi connectivity index (χ4v) is 0.985. The van der Waals surface area contributed by atoms with E-state index in [4.69, 9.17) is 0 Å². The Balaban J connectivity index is 3.61. The predicted octanol–water partition coefficient (Wildman–Crippen LogP) is 3.87. The van der Waals surface area contributed by atoms with E-state index in [9.17, 15) is 0 Å². The summed E-state index contributed by atoms with van der Waals surface area (Å²) in [5.41, 5.74) is 1.48. The van der Waals surface area contributed by atoms with Crippen molar-refractivity contribution in [2.45, 2.75) is 33.1 Å². The standard InChI is InChI=1S/C11H18/c1-4-7-8-10-11(6-3)9-5-2/h4-7H,2,8-10H2,1,3H3/b7-4-,11-6-. The van der Waals surface area contributed by atoms with Crippen molar-refractivity contribution in [3.8, 4) is 0 Å². The fourth-order valence-electron chi connectivity index (χ4n) is 0.985. The van der Waals surface area contributed by atoms with Gasteiger partial charge in [-0.1, -0.05) is 29.9 Å². The predicted molar refractivity (Wildman–Crippen MR) is 52.6 cm³/mol. The Bertz CT molecular complexity index is 149. The second-order valence-corrected chi connectivity index (χ2v) is 2.55. The van der Waals surface area contributed by atoms with Crippen LogP contribution in [0.1, 0.15) is 33.1 Å². The van der Waals surface area contributed by atoms with Gasteiger partial charge in [0.05, 0.1) is 0 Å². The third-order valence-corrected chi connectivity index (χ3v) is 1.68. The molecule has 0 aliphatic heterocycles. The lowest BCUT2D eigenvalue weighted by atomic mass is 10.1. The molecule has 0 saturated carbocycles. The quantitative estimate of drug-likeness (QED) is 0.522. The normalized spacial score (nSPS) is 12.4. The molecule has 0 N–H and O–H groups in total. The molecule has 0 heteroatoms. The molecule has 0 rings (SSSR count). The highest BCUT2D eigenvalue weighted by Crippen LogP contribution is 2.10. The van der Waals surface area contributed by atoms with E-state index in [0.29, 0.717) is 0 Å². The molecule has 0 heterocycles. The van der Waals surface area contributed by atoms with Gasteiger partial charge in [0.2, 0.25) is 0 Å². The first kappa shape index (κ1) is 10.2. The molecular weight excluding hydrogens is 132 g/mol. The highest BCUT2D eigenvalue weighted by atomic mass is 14.0. The lowest BCUT2D eigenvalue weighted by molar-refractivity contribution is 0.935. The molecule has 0 amide bonds. The molecule has 11 heavy (non-hydrogen) atoms. The molecule has 0 nitrogen and oxygen atoms in total. The maximum absolute atomic E-state index is 3.72. The van der Waals surface area contributed by atoms with Crippen molar-refractivity contribution in [1.29, 1.82) is 0 Å². The highest BCUT2D eigenvalue weighted by Gasteiger charge is 1.90. The number of hydrogen-bond donors (Lipinski definition) is 0. The smallest absolute Gasteiger partial charge is 0.0142 e. The first-order valence-electron chi connectivity index (χ1n) is 4.21. The van der Waals surface area contributed by atoms with Crippen molar-refractivity contribution >= 4 is 0 Å². The molecule has 0 atom stereocenters. The molecule has 0 saturated heterocycles. The van der Waals surface area contributed by atoms with Crippen molar-refractivity contribution in [2.75, 3.05) is 0 Å². The second kappa shape index (κ2) is 7.33. The average molecular weight is 150 g/mol. The summed E-state index contributed by atoms with van der Waals surface area (Å²) in [5, 5.41) is 0. The van der Waals surface area contributed by atoms with E-state index >= 15 is 0 Å². The third kappa shape index (κ3) is 5.65. The van der Waals surface area contributed by atoms with Crippen molar-refractivity contribution < 1.29 is 0 Å². The molecule has 0 aliphatic rings. The Labute approximate surface area is 70.3 Å². The van der Waals surface area contributed by atoms with Gasteiger partial charge in [0.25, 0.3) is 0 Å². The van der Waals surface area contributed by atoms with E-state index in [1.54, 1.807) is 0 Å². The Hall–Kier alpha value is -0.780.